The van der Waals surface area contributed by atoms with Crippen LogP contribution in [-0.2, 0) is 6.42 Å². The maximum absolute atomic E-state index is 4.64. The van der Waals surface area contributed by atoms with Gasteiger partial charge in [-0.2, -0.15) is 0 Å². The van der Waals surface area contributed by atoms with Crippen molar-refractivity contribution in [1.29, 1.82) is 0 Å². The van der Waals surface area contributed by atoms with Gasteiger partial charge < -0.3 is 0 Å². The Balaban J connectivity index is 2.25. The highest BCUT2D eigenvalue weighted by atomic mass is 127. The summed E-state index contributed by atoms with van der Waals surface area (Å²) in [7, 11) is 0. The zero-order valence-electron chi connectivity index (χ0n) is 12.5. The number of hydrogen-bond acceptors (Lipinski definition) is 2. The molecule has 1 atom stereocenters. The van der Waals surface area contributed by atoms with Gasteiger partial charge in [-0.05, 0) is 30.4 Å². The monoisotopic (exact) mass is 380 g/mol. The molecule has 0 saturated carbocycles. The van der Waals surface area contributed by atoms with Crippen LogP contribution in [0.15, 0.2) is 30.5 Å². The maximum Gasteiger partial charge on any atom is 0.159 e. The topological polar surface area (TPSA) is 25.8 Å². The van der Waals surface area contributed by atoms with Crippen LogP contribution in [-0.4, -0.2) is 13.9 Å². The molecule has 0 aliphatic heterocycles. The number of aromatic nitrogens is 2. The first-order valence-electron chi connectivity index (χ1n) is 7.04. The molecule has 20 heavy (non-hydrogen) atoms. The van der Waals surface area contributed by atoms with Crippen molar-refractivity contribution in [2.45, 2.75) is 44.0 Å². The number of aryl methyl sites for hydroxylation is 1. The van der Waals surface area contributed by atoms with Crippen LogP contribution < -0.4 is 0 Å². The molecule has 0 bridgehead atoms. The molecule has 1 unspecified atom stereocenters. The third kappa shape index (κ3) is 3.78. The van der Waals surface area contributed by atoms with Gasteiger partial charge in [0, 0.05) is 21.4 Å². The molecule has 0 fully saturated rings. The summed E-state index contributed by atoms with van der Waals surface area (Å²) in [6.45, 7) is 8.63. The molecule has 0 saturated heterocycles. The molecule has 1 aromatic carbocycles. The van der Waals surface area contributed by atoms with Crippen molar-refractivity contribution in [3.05, 3.63) is 47.3 Å². The van der Waals surface area contributed by atoms with Crippen molar-refractivity contribution in [2.75, 3.05) is 0 Å². The number of hydrogen-bond donors (Lipinski definition) is 0. The van der Waals surface area contributed by atoms with Crippen LogP contribution in [0, 0.1) is 6.92 Å². The summed E-state index contributed by atoms with van der Waals surface area (Å²) in [5, 5.41) is 0. The molecule has 0 N–H and O–H groups in total. The Morgan fingerprint density at radius 3 is 2.25 bits per heavy atom. The highest BCUT2D eigenvalue weighted by Crippen LogP contribution is 2.21. The number of rotatable bonds is 4. The van der Waals surface area contributed by atoms with Gasteiger partial charge in [-0.3, -0.25) is 0 Å². The van der Waals surface area contributed by atoms with Gasteiger partial charge in [0.25, 0.3) is 0 Å². The summed E-state index contributed by atoms with van der Waals surface area (Å²) in [6, 6.07) is 8.61. The molecule has 0 aliphatic carbocycles. The Morgan fingerprint density at radius 1 is 1.10 bits per heavy atom. The largest absolute Gasteiger partial charge is 0.236 e. The zero-order valence-corrected chi connectivity index (χ0v) is 14.7. The van der Waals surface area contributed by atoms with E-state index < -0.39 is 0 Å². The van der Waals surface area contributed by atoms with E-state index in [9.17, 15) is 0 Å². The number of halogens is 1. The van der Waals surface area contributed by atoms with Crippen molar-refractivity contribution in [3.63, 3.8) is 0 Å². The minimum absolute atomic E-state index is 0.469. The molecular weight excluding hydrogens is 359 g/mol. The van der Waals surface area contributed by atoms with Crippen LogP contribution in [0.25, 0.3) is 11.4 Å². The first-order chi connectivity index (χ1) is 9.47. The first-order valence-corrected chi connectivity index (χ1v) is 8.29. The first kappa shape index (κ1) is 15.4. The van der Waals surface area contributed by atoms with Crippen molar-refractivity contribution in [1.82, 2.24) is 9.97 Å². The van der Waals surface area contributed by atoms with Crippen LogP contribution >= 0.6 is 22.6 Å². The summed E-state index contributed by atoms with van der Waals surface area (Å²) in [5.41, 5.74) is 4.76. The summed E-state index contributed by atoms with van der Waals surface area (Å²) < 4.78 is 0.655. The second-order valence-corrected chi connectivity index (χ2v) is 7.70. The molecule has 0 radical (unpaired) electrons. The van der Waals surface area contributed by atoms with E-state index in [0.29, 0.717) is 9.84 Å². The fourth-order valence-electron chi connectivity index (χ4n) is 2.30. The SMILES string of the molecule is Cc1nc(-c2ccc(CC(C)I)cc2)ncc1C(C)C. The Kier molecular flexibility index (Phi) is 5.13. The van der Waals surface area contributed by atoms with Gasteiger partial charge >= 0.3 is 0 Å². The predicted octanol–water partition coefficient (Wildman–Crippen LogP) is 4.94. The fourth-order valence-corrected chi connectivity index (χ4v) is 2.81. The van der Waals surface area contributed by atoms with Gasteiger partial charge in [0.15, 0.2) is 5.82 Å². The summed E-state index contributed by atoms with van der Waals surface area (Å²) in [5.74, 6) is 1.29. The third-order valence-electron chi connectivity index (χ3n) is 3.37. The standard InChI is InChI=1S/C17H21IN2/c1-11(2)16-10-19-17(20-13(16)4)15-7-5-14(6-8-15)9-12(3)18/h5-8,10-12H,9H2,1-4H3. The minimum atomic E-state index is 0.469. The maximum atomic E-state index is 4.64. The van der Waals surface area contributed by atoms with Crippen molar-refractivity contribution in [3.8, 4) is 11.4 Å². The van der Waals surface area contributed by atoms with E-state index in [1.165, 1.54) is 11.1 Å². The molecule has 106 valence electrons. The van der Waals surface area contributed by atoms with Gasteiger partial charge in [0.05, 0.1) is 0 Å². The molecule has 1 aromatic heterocycles. The van der Waals surface area contributed by atoms with E-state index in [4.69, 9.17) is 0 Å². The second kappa shape index (κ2) is 6.66. The van der Waals surface area contributed by atoms with Gasteiger partial charge in [-0.15, -0.1) is 0 Å². The molecule has 2 rings (SSSR count). The average molecular weight is 380 g/mol. The number of alkyl halides is 1. The molecule has 1 heterocycles. The summed E-state index contributed by atoms with van der Waals surface area (Å²) in [4.78, 5) is 9.15. The van der Waals surface area contributed by atoms with Crippen LogP contribution in [0.1, 0.15) is 43.5 Å². The van der Waals surface area contributed by atoms with E-state index in [0.717, 1.165) is 23.5 Å². The lowest BCUT2D eigenvalue weighted by atomic mass is 10.0. The van der Waals surface area contributed by atoms with Crippen LogP contribution in [0.4, 0.5) is 0 Å². The predicted molar refractivity (Wildman–Crippen MR) is 93.5 cm³/mol. The van der Waals surface area contributed by atoms with Crippen LogP contribution in [0.5, 0.6) is 0 Å². The highest BCUT2D eigenvalue weighted by Gasteiger charge is 2.08. The summed E-state index contributed by atoms with van der Waals surface area (Å²) in [6.07, 6.45) is 3.07. The third-order valence-corrected chi connectivity index (χ3v) is 3.81. The highest BCUT2D eigenvalue weighted by molar-refractivity contribution is 14.1. The Hall–Kier alpha value is -0.970. The van der Waals surface area contributed by atoms with Gasteiger partial charge in [-0.25, -0.2) is 9.97 Å². The number of nitrogens with zero attached hydrogens (tertiary/aromatic N) is 2. The van der Waals surface area contributed by atoms with E-state index in [2.05, 4.69) is 84.5 Å². The van der Waals surface area contributed by atoms with Crippen molar-refractivity contribution in [2.24, 2.45) is 0 Å². The van der Waals surface area contributed by atoms with E-state index in [-0.39, 0.29) is 0 Å². The zero-order chi connectivity index (χ0) is 14.7. The van der Waals surface area contributed by atoms with Crippen LogP contribution in [0.3, 0.4) is 0 Å². The molecule has 3 heteroatoms. The normalized spacial score (nSPS) is 12.7. The van der Waals surface area contributed by atoms with Crippen LogP contribution in [0.2, 0.25) is 0 Å². The van der Waals surface area contributed by atoms with E-state index in [1.54, 1.807) is 0 Å². The quantitative estimate of drug-likeness (QED) is 0.555. The van der Waals surface area contributed by atoms with Crippen molar-refractivity contribution >= 4 is 22.6 Å². The molecule has 2 aromatic rings. The Bertz CT molecular complexity index is 574. The van der Waals surface area contributed by atoms with Gasteiger partial charge in [-0.1, -0.05) is 67.6 Å². The smallest absolute Gasteiger partial charge is 0.159 e. The average Bonchev–Trinajstić information content (AvgIpc) is 2.38. The lowest BCUT2D eigenvalue weighted by molar-refractivity contribution is 0.830. The molecule has 0 spiro atoms. The second-order valence-electron chi connectivity index (χ2n) is 5.57. The lowest BCUT2D eigenvalue weighted by Gasteiger charge is -2.10. The van der Waals surface area contributed by atoms with Crippen molar-refractivity contribution < 1.29 is 0 Å². The number of benzene rings is 1. The Labute approximate surface area is 135 Å². The van der Waals surface area contributed by atoms with E-state index in [1.807, 2.05) is 6.20 Å². The summed E-state index contributed by atoms with van der Waals surface area (Å²) >= 11 is 2.46. The van der Waals surface area contributed by atoms with Gasteiger partial charge in [0.1, 0.15) is 0 Å². The fraction of sp³-hybridized carbons (Fsp3) is 0.412. The Morgan fingerprint density at radius 2 is 1.75 bits per heavy atom. The molecule has 2 nitrogen and oxygen atoms in total. The van der Waals surface area contributed by atoms with Gasteiger partial charge in [0.2, 0.25) is 0 Å². The molecule has 0 amide bonds. The molecular formula is C17H21IN2. The lowest BCUT2D eigenvalue weighted by Crippen LogP contribution is -2.00. The van der Waals surface area contributed by atoms with E-state index >= 15 is 0 Å². The minimum Gasteiger partial charge on any atom is -0.236 e. The molecule has 0 aliphatic rings.